The maximum absolute atomic E-state index is 9.30. The third-order valence-electron chi connectivity index (χ3n) is 5.11. The van der Waals surface area contributed by atoms with Gasteiger partial charge in [-0.2, -0.15) is 9.67 Å². The summed E-state index contributed by atoms with van der Waals surface area (Å²) in [5.74, 6) is 0.618. The first-order chi connectivity index (χ1) is 16.3. The number of carboxylic acids is 1. The Balaban J connectivity index is 0.000000751. The van der Waals surface area contributed by atoms with Gasteiger partial charge in [-0.05, 0) is 31.2 Å². The maximum atomic E-state index is 9.30. The predicted octanol–water partition coefficient (Wildman–Crippen LogP) is 1.21. The van der Waals surface area contributed by atoms with Crippen LogP contribution in [0.4, 0.5) is 11.5 Å². The average Bonchev–Trinajstić information content (AvgIpc) is 3.38. The Morgan fingerprint density at radius 3 is 2.62 bits per heavy atom. The van der Waals surface area contributed by atoms with Gasteiger partial charge in [0.15, 0.2) is 17.7 Å². The van der Waals surface area contributed by atoms with Crippen molar-refractivity contribution >= 4 is 29.4 Å². The Labute approximate surface area is 198 Å². The second kappa shape index (κ2) is 11.2. The van der Waals surface area contributed by atoms with Crippen molar-refractivity contribution in [1.29, 1.82) is 0 Å². The number of benzene rings is 1. The van der Waals surface area contributed by atoms with Gasteiger partial charge in [-0.15, -0.1) is 0 Å². The third kappa shape index (κ3) is 5.68. The lowest BCUT2D eigenvalue weighted by Gasteiger charge is -2.15. The minimum Gasteiger partial charge on any atom is -0.550 e. The fourth-order valence-electron chi connectivity index (χ4n) is 3.78. The molecule has 1 aromatic carbocycles. The number of carbonyl (C=O) groups excluding carboxylic acids is 1. The summed E-state index contributed by atoms with van der Waals surface area (Å²) in [7, 11) is 5.58. The van der Waals surface area contributed by atoms with E-state index in [4.69, 9.17) is 19.6 Å². The number of carboxylic acid groups (broad SMARTS) is 1. The van der Waals surface area contributed by atoms with Gasteiger partial charge < -0.3 is 24.6 Å². The highest BCUT2D eigenvalue weighted by atomic mass is 16.5. The molecule has 0 saturated carbocycles. The van der Waals surface area contributed by atoms with Gasteiger partial charge in [-0.25, -0.2) is 4.68 Å². The van der Waals surface area contributed by atoms with E-state index in [0.717, 1.165) is 47.4 Å². The van der Waals surface area contributed by atoms with Crippen molar-refractivity contribution in [2.24, 2.45) is 4.99 Å². The molecule has 0 fully saturated rings. The summed E-state index contributed by atoms with van der Waals surface area (Å²) in [6, 6.07) is 14.3. The number of aliphatic imine (C=N–C) groups is 1. The van der Waals surface area contributed by atoms with Crippen LogP contribution >= 0.6 is 0 Å². The summed E-state index contributed by atoms with van der Waals surface area (Å²) < 4.78 is 9.29. The smallest absolute Gasteiger partial charge is 0.223 e. The number of methoxy groups -OCH3 is 1. The van der Waals surface area contributed by atoms with Crippen molar-refractivity contribution in [2.75, 3.05) is 32.7 Å². The Morgan fingerprint density at radius 2 is 2.00 bits per heavy atom. The van der Waals surface area contributed by atoms with Crippen LogP contribution in [0.3, 0.4) is 0 Å². The SMILES string of the molecule is CC(=O)[O-].COc1ccc(C2=C(C=Nc3cnn(CCO)c3N(C)C)Cc3cccc[n+]32)cc1. The summed E-state index contributed by atoms with van der Waals surface area (Å²) in [5.41, 5.74) is 5.35. The number of fused-ring (bicyclic) bond motifs is 1. The Bertz CT molecular complexity index is 1190. The van der Waals surface area contributed by atoms with Crippen LogP contribution in [0.5, 0.6) is 5.75 Å². The monoisotopic (exact) mass is 463 g/mol. The minimum atomic E-state index is -1.08. The number of aliphatic hydroxyl groups excluding tert-OH is 1. The maximum Gasteiger partial charge on any atom is 0.223 e. The van der Waals surface area contributed by atoms with Crippen molar-refractivity contribution in [2.45, 2.75) is 19.9 Å². The number of hydrogen-bond donors (Lipinski definition) is 1. The van der Waals surface area contributed by atoms with E-state index in [1.807, 2.05) is 43.4 Å². The molecule has 0 saturated heterocycles. The lowest BCUT2D eigenvalue weighted by molar-refractivity contribution is -0.582. The molecule has 9 nitrogen and oxygen atoms in total. The minimum absolute atomic E-state index is 0.0321. The number of anilines is 1. The average molecular weight is 464 g/mol. The van der Waals surface area contributed by atoms with Gasteiger partial charge in [0.2, 0.25) is 5.70 Å². The zero-order valence-electron chi connectivity index (χ0n) is 19.8. The van der Waals surface area contributed by atoms with Gasteiger partial charge in [-0.1, -0.05) is 6.07 Å². The van der Waals surface area contributed by atoms with E-state index >= 15 is 0 Å². The standard InChI is InChI=1S/C23H26N5O2.C2H4O2/c1-26(2)23-21(16-25-28(23)12-13-29)24-15-18-14-19-6-4-5-11-27(19)22(18)17-7-9-20(30-3)10-8-17;1-2(3)4/h4-11,15-16,29H,12-14H2,1-3H3;1H3,(H,3,4)/q+1;/p-1. The zero-order chi connectivity index (χ0) is 24.7. The van der Waals surface area contributed by atoms with Crippen LogP contribution in [0.15, 0.2) is 65.4 Å². The Hall–Kier alpha value is -3.98. The van der Waals surface area contributed by atoms with Gasteiger partial charge in [0.1, 0.15) is 11.4 Å². The molecule has 1 N–H and O–H groups in total. The molecule has 1 aliphatic rings. The number of allylic oxidation sites excluding steroid dienone is 1. The van der Waals surface area contributed by atoms with Crippen LogP contribution in [0, 0.1) is 0 Å². The quantitative estimate of drug-likeness (QED) is 0.417. The molecule has 3 heterocycles. The van der Waals surface area contributed by atoms with E-state index in [9.17, 15) is 5.11 Å². The number of ether oxygens (including phenoxy) is 1. The molecule has 9 heteroatoms. The van der Waals surface area contributed by atoms with Crippen LogP contribution in [-0.2, 0) is 17.8 Å². The van der Waals surface area contributed by atoms with E-state index in [1.165, 1.54) is 5.69 Å². The molecule has 3 aromatic rings. The van der Waals surface area contributed by atoms with Gasteiger partial charge in [-0.3, -0.25) is 4.99 Å². The van der Waals surface area contributed by atoms with Crippen molar-refractivity contribution in [3.8, 4) is 5.75 Å². The lowest BCUT2D eigenvalue weighted by atomic mass is 10.1. The number of nitrogens with zero attached hydrogens (tertiary/aromatic N) is 5. The molecule has 178 valence electrons. The molecule has 0 atom stereocenters. The molecule has 0 bridgehead atoms. The summed E-state index contributed by atoms with van der Waals surface area (Å²) in [5, 5.41) is 22.6. The second-order valence-corrected chi connectivity index (χ2v) is 7.79. The number of rotatable bonds is 7. The fourth-order valence-corrected chi connectivity index (χ4v) is 3.78. The molecule has 34 heavy (non-hydrogen) atoms. The van der Waals surface area contributed by atoms with Crippen molar-refractivity contribution < 1.29 is 24.3 Å². The van der Waals surface area contributed by atoms with Crippen LogP contribution in [0.1, 0.15) is 18.2 Å². The van der Waals surface area contributed by atoms with E-state index in [0.29, 0.717) is 6.54 Å². The Kier molecular flexibility index (Phi) is 8.15. The lowest BCUT2D eigenvalue weighted by Crippen LogP contribution is -2.33. The third-order valence-corrected chi connectivity index (χ3v) is 5.11. The number of hydrogen-bond acceptors (Lipinski definition) is 7. The van der Waals surface area contributed by atoms with Crippen LogP contribution in [-0.4, -0.2) is 54.9 Å². The fraction of sp³-hybridized carbons (Fsp3) is 0.280. The van der Waals surface area contributed by atoms with Gasteiger partial charge in [0.05, 0.1) is 38.5 Å². The summed E-state index contributed by atoms with van der Waals surface area (Å²) in [6.07, 6.45) is 6.55. The highest BCUT2D eigenvalue weighted by molar-refractivity contribution is 5.92. The molecule has 0 spiro atoms. The highest BCUT2D eigenvalue weighted by Gasteiger charge is 2.30. The highest BCUT2D eigenvalue weighted by Crippen LogP contribution is 2.29. The van der Waals surface area contributed by atoms with E-state index in [2.05, 4.69) is 40.1 Å². The van der Waals surface area contributed by atoms with Crippen molar-refractivity contribution in [3.05, 3.63) is 71.7 Å². The first-order valence-electron chi connectivity index (χ1n) is 10.8. The van der Waals surface area contributed by atoms with Crippen molar-refractivity contribution in [1.82, 2.24) is 9.78 Å². The molecule has 4 rings (SSSR count). The summed E-state index contributed by atoms with van der Waals surface area (Å²) in [6.45, 7) is 1.44. The van der Waals surface area contributed by atoms with Gasteiger partial charge in [0.25, 0.3) is 0 Å². The number of aliphatic hydroxyl groups is 1. The summed E-state index contributed by atoms with van der Waals surface area (Å²) in [4.78, 5) is 15.6. The zero-order valence-corrected chi connectivity index (χ0v) is 19.8. The van der Waals surface area contributed by atoms with Gasteiger partial charge >= 0.3 is 0 Å². The first-order valence-corrected chi connectivity index (χ1v) is 10.8. The van der Waals surface area contributed by atoms with Crippen LogP contribution in [0.25, 0.3) is 5.70 Å². The first kappa shape index (κ1) is 24.7. The number of aromatic nitrogens is 3. The molecule has 0 unspecified atom stereocenters. The Morgan fingerprint density at radius 1 is 1.29 bits per heavy atom. The van der Waals surface area contributed by atoms with Crippen LogP contribution in [0.2, 0.25) is 0 Å². The molecule has 1 aliphatic heterocycles. The van der Waals surface area contributed by atoms with E-state index in [-0.39, 0.29) is 6.61 Å². The molecule has 0 aliphatic carbocycles. The predicted molar refractivity (Wildman–Crippen MR) is 128 cm³/mol. The molecular formula is C25H29N5O4. The molecule has 2 aromatic heterocycles. The van der Waals surface area contributed by atoms with Crippen molar-refractivity contribution in [3.63, 3.8) is 0 Å². The largest absolute Gasteiger partial charge is 0.550 e. The summed E-state index contributed by atoms with van der Waals surface area (Å²) >= 11 is 0. The molecular weight excluding hydrogens is 434 g/mol. The topological polar surface area (TPSA) is 107 Å². The molecule has 0 amide bonds. The second-order valence-electron chi connectivity index (χ2n) is 7.79. The van der Waals surface area contributed by atoms with Crippen LogP contribution < -0.4 is 19.3 Å². The van der Waals surface area contributed by atoms with E-state index in [1.54, 1.807) is 18.0 Å². The number of carbonyl (C=O) groups is 1. The van der Waals surface area contributed by atoms with Gasteiger partial charge in [0, 0.05) is 44.0 Å². The number of pyridine rings is 1. The number of aliphatic carboxylic acids is 1. The normalized spacial score (nSPS) is 12.4. The van der Waals surface area contributed by atoms with E-state index < -0.39 is 5.97 Å². The molecule has 0 radical (unpaired) electrons.